The molecule has 8 heteroatoms. The molecule has 1 aromatic carbocycles. The molecule has 0 bridgehead atoms. The molecular weight excluding hydrogens is 394 g/mol. The Morgan fingerprint density at radius 1 is 1.03 bits per heavy atom. The van der Waals surface area contributed by atoms with Crippen molar-refractivity contribution in [1.82, 2.24) is 14.6 Å². The quantitative estimate of drug-likeness (QED) is 0.566. The zero-order chi connectivity index (χ0) is 22.4. The fourth-order valence-corrected chi connectivity index (χ4v) is 3.15. The summed E-state index contributed by atoms with van der Waals surface area (Å²) in [6.45, 7) is 9.00. The average molecular weight is 426 g/mol. The number of aromatic nitrogens is 3. The van der Waals surface area contributed by atoms with Crippen molar-refractivity contribution in [3.63, 3.8) is 0 Å². The van der Waals surface area contributed by atoms with Crippen molar-refractivity contribution in [3.05, 3.63) is 53.7 Å². The normalized spacial score (nSPS) is 11.6. The fraction of sp³-hybridized carbons (Fsp3) is 0.435. The molecule has 0 saturated carbocycles. The van der Waals surface area contributed by atoms with E-state index >= 15 is 0 Å². The third-order valence-electron chi connectivity index (χ3n) is 5.02. The Morgan fingerprint density at radius 3 is 2.26 bits per heavy atom. The molecule has 0 radical (unpaired) electrons. The zero-order valence-electron chi connectivity index (χ0n) is 18.9. The molecule has 0 saturated heterocycles. The summed E-state index contributed by atoms with van der Waals surface area (Å²) in [4.78, 5) is 19.2. The second-order valence-electron chi connectivity index (χ2n) is 8.37. The minimum absolute atomic E-state index is 0.0420. The monoisotopic (exact) mass is 425 g/mol. The van der Waals surface area contributed by atoms with Crippen LogP contribution in [0.25, 0.3) is 5.65 Å². The summed E-state index contributed by atoms with van der Waals surface area (Å²) in [7, 11) is 3.35. The van der Waals surface area contributed by atoms with Gasteiger partial charge in [-0.1, -0.05) is 32.9 Å². The third-order valence-corrected chi connectivity index (χ3v) is 5.02. The first-order chi connectivity index (χ1) is 14.8. The van der Waals surface area contributed by atoms with E-state index in [0.29, 0.717) is 43.3 Å². The predicted molar refractivity (Wildman–Crippen MR) is 122 cm³/mol. The molecule has 31 heavy (non-hydrogen) atoms. The number of imidazole rings is 1. The number of carbonyl (C=O) groups is 1. The van der Waals surface area contributed by atoms with Gasteiger partial charge in [0.2, 0.25) is 0 Å². The largest absolute Gasteiger partial charge is 0.383 e. The van der Waals surface area contributed by atoms with Crippen LogP contribution in [0.15, 0.2) is 42.6 Å². The first kappa shape index (κ1) is 22.7. The Hall–Kier alpha value is -2.97. The molecule has 1 amide bonds. The van der Waals surface area contributed by atoms with Crippen molar-refractivity contribution in [2.45, 2.75) is 26.2 Å². The highest BCUT2D eigenvalue weighted by molar-refractivity contribution is 6.03. The summed E-state index contributed by atoms with van der Waals surface area (Å²) in [5.74, 6) is 1.04. The summed E-state index contributed by atoms with van der Waals surface area (Å²) in [5, 5.41) is 7.50. The first-order valence-corrected chi connectivity index (χ1v) is 10.3. The molecule has 0 atom stereocenters. The predicted octanol–water partition coefficient (Wildman–Crippen LogP) is 3.38. The van der Waals surface area contributed by atoms with Gasteiger partial charge in [0.15, 0.2) is 11.5 Å². The molecule has 2 heterocycles. The van der Waals surface area contributed by atoms with Crippen LogP contribution in [0.5, 0.6) is 0 Å². The number of amides is 1. The number of hydrogen-bond acceptors (Lipinski definition) is 6. The topological polar surface area (TPSA) is 81.0 Å². The molecule has 1 N–H and O–H groups in total. The molecule has 3 rings (SSSR count). The van der Waals surface area contributed by atoms with Crippen molar-refractivity contribution in [3.8, 4) is 0 Å². The molecule has 166 valence electrons. The number of benzene rings is 1. The number of nitrogens with one attached hydrogen (secondary N) is 1. The van der Waals surface area contributed by atoms with Gasteiger partial charge in [-0.3, -0.25) is 4.79 Å². The summed E-state index contributed by atoms with van der Waals surface area (Å²) in [6, 6.07) is 11.4. The highest BCUT2D eigenvalue weighted by atomic mass is 16.5. The van der Waals surface area contributed by atoms with Gasteiger partial charge in [0, 0.05) is 32.9 Å². The maximum atomic E-state index is 12.6. The Labute approximate surface area is 183 Å². The van der Waals surface area contributed by atoms with E-state index in [9.17, 15) is 4.79 Å². The minimum atomic E-state index is -0.203. The van der Waals surface area contributed by atoms with Crippen LogP contribution in [0.2, 0.25) is 0 Å². The Morgan fingerprint density at radius 2 is 1.68 bits per heavy atom. The Kier molecular flexibility index (Phi) is 7.25. The second-order valence-corrected chi connectivity index (χ2v) is 8.37. The molecule has 0 aliphatic rings. The lowest BCUT2D eigenvalue weighted by molar-refractivity contribution is 0.102. The summed E-state index contributed by atoms with van der Waals surface area (Å²) >= 11 is 0. The fourth-order valence-electron chi connectivity index (χ4n) is 3.15. The first-order valence-electron chi connectivity index (χ1n) is 10.3. The number of rotatable bonds is 9. The average Bonchev–Trinajstić information content (AvgIpc) is 3.14. The van der Waals surface area contributed by atoms with Crippen LogP contribution >= 0.6 is 0 Å². The van der Waals surface area contributed by atoms with Crippen molar-refractivity contribution in [2.24, 2.45) is 0 Å². The van der Waals surface area contributed by atoms with Crippen LogP contribution in [0.4, 0.5) is 11.6 Å². The van der Waals surface area contributed by atoms with Crippen LogP contribution in [0.1, 0.15) is 36.7 Å². The molecule has 2 aromatic heterocycles. The van der Waals surface area contributed by atoms with Crippen LogP contribution in [-0.2, 0) is 14.9 Å². The van der Waals surface area contributed by atoms with Crippen LogP contribution < -0.4 is 10.2 Å². The van der Waals surface area contributed by atoms with E-state index in [-0.39, 0.29) is 11.3 Å². The van der Waals surface area contributed by atoms with Gasteiger partial charge < -0.3 is 19.7 Å². The SMILES string of the molecule is COCCN(CCOC)c1ccc2nc(NC(=O)c3ccc(C(C)(C)C)cc3)cn2n1. The highest BCUT2D eigenvalue weighted by Crippen LogP contribution is 2.22. The van der Waals surface area contributed by atoms with E-state index in [1.54, 1.807) is 24.9 Å². The number of hydrogen-bond donors (Lipinski definition) is 1. The van der Waals surface area contributed by atoms with Gasteiger partial charge in [-0.05, 0) is 35.2 Å². The molecule has 0 spiro atoms. The summed E-state index contributed by atoms with van der Waals surface area (Å²) in [5.41, 5.74) is 2.46. The number of nitrogens with zero attached hydrogens (tertiary/aromatic N) is 4. The van der Waals surface area contributed by atoms with Crippen molar-refractivity contribution >= 4 is 23.2 Å². The third kappa shape index (κ3) is 5.80. The van der Waals surface area contributed by atoms with Gasteiger partial charge >= 0.3 is 0 Å². The van der Waals surface area contributed by atoms with Crippen LogP contribution in [0.3, 0.4) is 0 Å². The molecule has 0 aliphatic heterocycles. The van der Waals surface area contributed by atoms with E-state index in [0.717, 1.165) is 5.82 Å². The number of ether oxygens (including phenoxy) is 2. The van der Waals surface area contributed by atoms with Gasteiger partial charge in [0.1, 0.15) is 5.82 Å². The van der Waals surface area contributed by atoms with Gasteiger partial charge in [-0.2, -0.15) is 0 Å². The Bertz CT molecular complexity index is 1000. The van der Waals surface area contributed by atoms with E-state index in [1.807, 2.05) is 36.4 Å². The second kappa shape index (κ2) is 9.89. The lowest BCUT2D eigenvalue weighted by atomic mass is 9.87. The zero-order valence-corrected chi connectivity index (χ0v) is 18.9. The van der Waals surface area contributed by atoms with Crippen molar-refractivity contribution in [1.29, 1.82) is 0 Å². The van der Waals surface area contributed by atoms with Gasteiger partial charge in [0.05, 0.1) is 19.4 Å². The van der Waals surface area contributed by atoms with Gasteiger partial charge in [-0.15, -0.1) is 5.10 Å². The van der Waals surface area contributed by atoms with E-state index in [1.165, 1.54) is 5.56 Å². The molecule has 0 aliphatic carbocycles. The smallest absolute Gasteiger partial charge is 0.256 e. The van der Waals surface area contributed by atoms with Crippen LogP contribution in [-0.4, -0.2) is 61.0 Å². The standard InChI is InChI=1S/C23H31N5O3/c1-23(2,3)18-8-6-17(7-9-18)22(29)25-19-16-28-20(24-19)10-11-21(26-28)27(12-14-30-4)13-15-31-5/h6-11,16H,12-15H2,1-5H3,(H,25,29). The van der Waals surface area contributed by atoms with E-state index in [2.05, 4.69) is 41.1 Å². The van der Waals surface area contributed by atoms with Crippen molar-refractivity contribution < 1.29 is 14.3 Å². The van der Waals surface area contributed by atoms with Gasteiger partial charge in [-0.25, -0.2) is 9.50 Å². The maximum Gasteiger partial charge on any atom is 0.256 e. The summed E-state index contributed by atoms with van der Waals surface area (Å²) < 4.78 is 12.1. The molecule has 8 nitrogen and oxygen atoms in total. The molecule has 3 aromatic rings. The highest BCUT2D eigenvalue weighted by Gasteiger charge is 2.15. The van der Waals surface area contributed by atoms with E-state index < -0.39 is 0 Å². The number of carbonyl (C=O) groups excluding carboxylic acids is 1. The Balaban J connectivity index is 1.75. The number of fused-ring (bicyclic) bond motifs is 1. The summed E-state index contributed by atoms with van der Waals surface area (Å²) in [6.07, 6.45) is 1.71. The molecule has 0 unspecified atom stereocenters. The number of anilines is 2. The number of methoxy groups -OCH3 is 2. The minimum Gasteiger partial charge on any atom is -0.383 e. The lowest BCUT2D eigenvalue weighted by Gasteiger charge is -2.22. The lowest BCUT2D eigenvalue weighted by Crippen LogP contribution is -2.31. The van der Waals surface area contributed by atoms with Crippen LogP contribution in [0, 0.1) is 0 Å². The molecular formula is C23H31N5O3. The molecule has 0 fully saturated rings. The van der Waals surface area contributed by atoms with Crippen molar-refractivity contribution in [2.75, 3.05) is 50.7 Å². The van der Waals surface area contributed by atoms with Gasteiger partial charge in [0.25, 0.3) is 5.91 Å². The van der Waals surface area contributed by atoms with E-state index in [4.69, 9.17) is 9.47 Å². The maximum absolute atomic E-state index is 12.6.